The Balaban J connectivity index is 1.75. The van der Waals surface area contributed by atoms with Crippen LogP contribution in [0.15, 0.2) is 80.4 Å². The van der Waals surface area contributed by atoms with Crippen molar-refractivity contribution in [2.24, 2.45) is 0 Å². The average molecular weight is 593 g/mol. The summed E-state index contributed by atoms with van der Waals surface area (Å²) in [5.74, 6) is 0.135. The third kappa shape index (κ3) is 7.26. The highest BCUT2D eigenvalue weighted by atomic mass is 79.9. The van der Waals surface area contributed by atoms with Crippen molar-refractivity contribution < 1.29 is 23.5 Å². The molecule has 0 saturated heterocycles. The first-order chi connectivity index (χ1) is 18.5. The molecule has 1 heterocycles. The monoisotopic (exact) mass is 592 g/mol. The minimum atomic E-state index is -0.626. The number of hydrogen-bond donors (Lipinski definition) is 2. The van der Waals surface area contributed by atoms with E-state index < -0.39 is 11.7 Å². The van der Waals surface area contributed by atoms with Crippen LogP contribution in [0.5, 0.6) is 5.75 Å². The molecule has 0 radical (unpaired) electrons. The lowest BCUT2D eigenvalue weighted by Gasteiger charge is -2.19. The summed E-state index contributed by atoms with van der Waals surface area (Å²) in [6, 6.07) is 19.8. The molecule has 8 nitrogen and oxygen atoms in total. The molecule has 2 amide bonds. The van der Waals surface area contributed by atoms with Crippen LogP contribution >= 0.6 is 15.9 Å². The number of ether oxygens (including phenoxy) is 2. The first-order valence-electron chi connectivity index (χ1n) is 12.3. The molecule has 39 heavy (non-hydrogen) atoms. The van der Waals surface area contributed by atoms with Crippen molar-refractivity contribution in [3.63, 3.8) is 0 Å². The van der Waals surface area contributed by atoms with Crippen molar-refractivity contribution in [3.8, 4) is 17.1 Å². The summed E-state index contributed by atoms with van der Waals surface area (Å²) in [4.78, 5) is 37.3. The standard InChI is InChI=1S/C30H29BrN2O6/c1-18(34)32-16-20-14-23-25(35)28(37-17-19-8-6-5-7-9-19)26(38-27(23)24(31)15-20)21-10-12-22(13-11-21)33-29(36)39-30(2,3)4/h5-15H,16-17H2,1-4H3,(H,32,34)(H,33,36). The summed E-state index contributed by atoms with van der Waals surface area (Å²) in [5, 5.41) is 5.75. The first kappa shape index (κ1) is 27.9. The fourth-order valence-electron chi connectivity index (χ4n) is 3.80. The lowest BCUT2D eigenvalue weighted by molar-refractivity contribution is -0.119. The third-order valence-corrected chi connectivity index (χ3v) is 6.11. The number of carbonyl (C=O) groups excluding carboxylic acids is 2. The second kappa shape index (κ2) is 11.7. The number of hydrogen-bond acceptors (Lipinski definition) is 6. The lowest BCUT2D eigenvalue weighted by atomic mass is 10.1. The van der Waals surface area contributed by atoms with Gasteiger partial charge in [0.2, 0.25) is 17.1 Å². The van der Waals surface area contributed by atoms with Crippen LogP contribution in [-0.2, 0) is 22.7 Å². The number of carbonyl (C=O) groups is 2. The topological polar surface area (TPSA) is 107 Å². The van der Waals surface area contributed by atoms with Gasteiger partial charge in [-0.25, -0.2) is 4.79 Å². The van der Waals surface area contributed by atoms with E-state index in [1.54, 1.807) is 57.2 Å². The molecular weight excluding hydrogens is 564 g/mol. The summed E-state index contributed by atoms with van der Waals surface area (Å²) in [7, 11) is 0. The molecule has 0 aliphatic heterocycles. The molecule has 0 unspecified atom stereocenters. The summed E-state index contributed by atoms with van der Waals surface area (Å²) >= 11 is 3.51. The van der Waals surface area contributed by atoms with Crippen molar-refractivity contribution >= 4 is 44.6 Å². The number of benzene rings is 3. The second-order valence-electron chi connectivity index (χ2n) is 9.93. The van der Waals surface area contributed by atoms with Crippen LogP contribution in [-0.4, -0.2) is 17.6 Å². The van der Waals surface area contributed by atoms with Gasteiger partial charge in [0.15, 0.2) is 11.3 Å². The van der Waals surface area contributed by atoms with Crippen molar-refractivity contribution in [2.75, 3.05) is 5.32 Å². The molecule has 4 rings (SSSR count). The molecule has 9 heteroatoms. The molecule has 3 aromatic carbocycles. The van der Waals surface area contributed by atoms with Crippen molar-refractivity contribution in [1.29, 1.82) is 0 Å². The molecule has 0 bridgehead atoms. The number of rotatable bonds is 7. The van der Waals surface area contributed by atoms with Crippen LogP contribution in [0.4, 0.5) is 10.5 Å². The van der Waals surface area contributed by atoms with E-state index >= 15 is 0 Å². The number of anilines is 1. The summed E-state index contributed by atoms with van der Waals surface area (Å²) < 4.78 is 18.2. The quantitative estimate of drug-likeness (QED) is 0.245. The predicted molar refractivity (Wildman–Crippen MR) is 154 cm³/mol. The number of fused-ring (bicyclic) bond motifs is 1. The van der Waals surface area contributed by atoms with Gasteiger partial charge in [-0.1, -0.05) is 30.3 Å². The Morgan fingerprint density at radius 3 is 2.31 bits per heavy atom. The highest BCUT2D eigenvalue weighted by Gasteiger charge is 2.21. The van der Waals surface area contributed by atoms with Gasteiger partial charge >= 0.3 is 6.09 Å². The zero-order valence-corrected chi connectivity index (χ0v) is 23.7. The molecule has 1 aromatic heterocycles. The SMILES string of the molecule is CC(=O)NCc1cc(Br)c2oc(-c3ccc(NC(=O)OC(C)(C)C)cc3)c(OCc3ccccc3)c(=O)c2c1. The van der Waals surface area contributed by atoms with E-state index in [0.717, 1.165) is 11.1 Å². The van der Waals surface area contributed by atoms with Crippen LogP contribution in [0, 0.1) is 0 Å². The van der Waals surface area contributed by atoms with Crippen LogP contribution < -0.4 is 20.8 Å². The van der Waals surface area contributed by atoms with Crippen molar-refractivity contribution in [1.82, 2.24) is 5.32 Å². The van der Waals surface area contributed by atoms with Gasteiger partial charge < -0.3 is 19.2 Å². The molecule has 0 aliphatic rings. The summed E-state index contributed by atoms with van der Waals surface area (Å²) in [6.45, 7) is 7.22. The number of halogens is 1. The van der Waals surface area contributed by atoms with Crippen molar-refractivity contribution in [3.05, 3.63) is 92.6 Å². The van der Waals surface area contributed by atoms with E-state index in [-0.39, 0.29) is 36.0 Å². The highest BCUT2D eigenvalue weighted by molar-refractivity contribution is 9.10. The van der Waals surface area contributed by atoms with Crippen LogP contribution in [0.3, 0.4) is 0 Å². The summed E-state index contributed by atoms with van der Waals surface area (Å²) in [6.07, 6.45) is -0.571. The van der Waals surface area contributed by atoms with Gasteiger partial charge in [-0.15, -0.1) is 0 Å². The normalized spacial score (nSPS) is 11.2. The Labute approximate surface area is 234 Å². The van der Waals surface area contributed by atoms with Crippen molar-refractivity contribution in [2.45, 2.75) is 46.4 Å². The minimum Gasteiger partial charge on any atom is -0.481 e. The Morgan fingerprint density at radius 1 is 0.974 bits per heavy atom. The van der Waals surface area contributed by atoms with E-state index in [4.69, 9.17) is 13.9 Å². The summed E-state index contributed by atoms with van der Waals surface area (Å²) in [5.41, 5.74) is 2.11. The van der Waals surface area contributed by atoms with Gasteiger partial charge in [0, 0.05) is 24.7 Å². The van der Waals surface area contributed by atoms with Crippen LogP contribution in [0.1, 0.15) is 38.8 Å². The second-order valence-corrected chi connectivity index (χ2v) is 10.8. The molecule has 0 aliphatic carbocycles. The fourth-order valence-corrected chi connectivity index (χ4v) is 4.39. The number of amides is 2. The largest absolute Gasteiger partial charge is 0.481 e. The molecule has 2 N–H and O–H groups in total. The first-order valence-corrected chi connectivity index (χ1v) is 13.1. The maximum Gasteiger partial charge on any atom is 0.412 e. The minimum absolute atomic E-state index is 0.0581. The van der Waals surface area contributed by atoms with Gasteiger partial charge in [0.05, 0.1) is 9.86 Å². The van der Waals surface area contributed by atoms with Gasteiger partial charge in [0.25, 0.3) is 0 Å². The van der Waals surface area contributed by atoms with Crippen LogP contribution in [0.25, 0.3) is 22.3 Å². The molecule has 0 saturated carbocycles. The maximum absolute atomic E-state index is 13.8. The van der Waals surface area contributed by atoms with Gasteiger partial charge in [-0.3, -0.25) is 14.9 Å². The Morgan fingerprint density at radius 2 is 1.67 bits per heavy atom. The Kier molecular flexibility index (Phi) is 8.40. The maximum atomic E-state index is 13.8. The molecule has 0 fully saturated rings. The van der Waals surface area contributed by atoms with Gasteiger partial charge in [0.1, 0.15) is 12.2 Å². The average Bonchev–Trinajstić information content (AvgIpc) is 2.87. The van der Waals surface area contributed by atoms with Gasteiger partial charge in [-0.2, -0.15) is 0 Å². The van der Waals surface area contributed by atoms with Gasteiger partial charge in [-0.05, 0) is 84.2 Å². The Hall–Kier alpha value is -4.11. The van der Waals surface area contributed by atoms with E-state index in [2.05, 4.69) is 26.6 Å². The highest BCUT2D eigenvalue weighted by Crippen LogP contribution is 2.35. The van der Waals surface area contributed by atoms with E-state index in [1.807, 2.05) is 30.3 Å². The van der Waals surface area contributed by atoms with E-state index in [0.29, 0.717) is 26.7 Å². The molecule has 4 aromatic rings. The zero-order chi connectivity index (χ0) is 28.2. The third-order valence-electron chi connectivity index (χ3n) is 5.52. The molecule has 202 valence electrons. The smallest absolute Gasteiger partial charge is 0.412 e. The molecular formula is C30H29BrN2O6. The Bertz CT molecular complexity index is 1560. The van der Waals surface area contributed by atoms with E-state index in [9.17, 15) is 14.4 Å². The zero-order valence-electron chi connectivity index (χ0n) is 22.1. The number of nitrogens with one attached hydrogen (secondary N) is 2. The molecule has 0 spiro atoms. The van der Waals surface area contributed by atoms with Crippen LogP contribution in [0.2, 0.25) is 0 Å². The fraction of sp³-hybridized carbons (Fsp3) is 0.233. The molecule has 0 atom stereocenters. The van der Waals surface area contributed by atoms with E-state index in [1.165, 1.54) is 6.92 Å². The lowest BCUT2D eigenvalue weighted by Crippen LogP contribution is -2.27. The predicted octanol–water partition coefficient (Wildman–Crippen LogP) is 6.78.